The van der Waals surface area contributed by atoms with E-state index in [0.717, 1.165) is 6.29 Å². The van der Waals surface area contributed by atoms with Gasteiger partial charge in [-0.2, -0.15) is 0 Å². The standard InChI is InChI=1S/C13H7BrCl2O2/c14-10-3-1-2-8(7-17)13(10)18-9-4-5-11(15)12(16)6-9/h1-7H. The monoisotopic (exact) mass is 344 g/mol. The molecule has 92 valence electrons. The fraction of sp³-hybridized carbons (Fsp3) is 0. The Hall–Kier alpha value is -1.03. The minimum atomic E-state index is 0.397. The molecule has 2 nitrogen and oxygen atoms in total. The number of hydrogen-bond acceptors (Lipinski definition) is 2. The van der Waals surface area contributed by atoms with Gasteiger partial charge in [0, 0.05) is 6.07 Å². The Morgan fingerprint density at radius 3 is 2.56 bits per heavy atom. The van der Waals surface area contributed by atoms with Crippen LogP contribution in [0.4, 0.5) is 0 Å². The van der Waals surface area contributed by atoms with E-state index < -0.39 is 0 Å². The van der Waals surface area contributed by atoms with Crippen LogP contribution in [0.2, 0.25) is 10.0 Å². The second kappa shape index (κ2) is 5.74. The molecule has 0 N–H and O–H groups in total. The number of rotatable bonds is 3. The maximum Gasteiger partial charge on any atom is 0.153 e. The Morgan fingerprint density at radius 1 is 1.11 bits per heavy atom. The highest BCUT2D eigenvalue weighted by Gasteiger charge is 2.09. The van der Waals surface area contributed by atoms with Crippen LogP contribution in [0.25, 0.3) is 0 Å². The number of carbonyl (C=O) groups excluding carboxylic acids is 1. The first-order valence-electron chi connectivity index (χ1n) is 4.98. The fourth-order valence-corrected chi connectivity index (χ4v) is 2.13. The van der Waals surface area contributed by atoms with E-state index in [1.165, 1.54) is 0 Å². The van der Waals surface area contributed by atoms with Crippen LogP contribution in [0.3, 0.4) is 0 Å². The molecule has 0 aliphatic rings. The Balaban J connectivity index is 2.39. The highest BCUT2D eigenvalue weighted by Crippen LogP contribution is 2.34. The third-order valence-electron chi connectivity index (χ3n) is 2.24. The summed E-state index contributed by atoms with van der Waals surface area (Å²) in [6.07, 6.45) is 0.734. The molecule has 0 spiro atoms. The molecule has 2 aromatic rings. The van der Waals surface area contributed by atoms with Crippen molar-refractivity contribution in [1.29, 1.82) is 0 Å². The molecule has 0 radical (unpaired) electrons. The maximum atomic E-state index is 10.9. The average Bonchev–Trinajstić information content (AvgIpc) is 2.36. The molecule has 0 unspecified atom stereocenters. The lowest BCUT2D eigenvalue weighted by Gasteiger charge is -2.10. The summed E-state index contributed by atoms with van der Waals surface area (Å²) in [5.41, 5.74) is 0.454. The van der Waals surface area contributed by atoms with Crippen LogP contribution in [0.1, 0.15) is 10.4 Å². The first kappa shape index (κ1) is 13.4. The maximum absolute atomic E-state index is 10.9. The van der Waals surface area contributed by atoms with E-state index in [-0.39, 0.29) is 0 Å². The van der Waals surface area contributed by atoms with Crippen molar-refractivity contribution in [1.82, 2.24) is 0 Å². The van der Waals surface area contributed by atoms with E-state index in [2.05, 4.69) is 15.9 Å². The predicted molar refractivity (Wildman–Crippen MR) is 76.1 cm³/mol. The van der Waals surface area contributed by atoms with Crippen molar-refractivity contribution in [2.24, 2.45) is 0 Å². The molecule has 0 aliphatic carbocycles. The quantitative estimate of drug-likeness (QED) is 0.700. The molecule has 0 amide bonds. The summed E-state index contributed by atoms with van der Waals surface area (Å²) in [7, 11) is 0. The summed E-state index contributed by atoms with van der Waals surface area (Å²) in [5.74, 6) is 0.963. The lowest BCUT2D eigenvalue weighted by atomic mass is 10.2. The van der Waals surface area contributed by atoms with Gasteiger partial charge in [-0.1, -0.05) is 29.3 Å². The van der Waals surface area contributed by atoms with Gasteiger partial charge in [0.1, 0.15) is 5.75 Å². The number of benzene rings is 2. The SMILES string of the molecule is O=Cc1cccc(Br)c1Oc1ccc(Cl)c(Cl)c1. The number of hydrogen-bond donors (Lipinski definition) is 0. The van der Waals surface area contributed by atoms with E-state index >= 15 is 0 Å². The number of aldehydes is 1. The minimum Gasteiger partial charge on any atom is -0.455 e. The van der Waals surface area contributed by atoms with E-state index in [0.29, 0.717) is 31.6 Å². The molecule has 0 aromatic heterocycles. The van der Waals surface area contributed by atoms with Gasteiger partial charge in [-0.25, -0.2) is 0 Å². The third kappa shape index (κ3) is 2.86. The van der Waals surface area contributed by atoms with Crippen molar-refractivity contribution in [2.75, 3.05) is 0 Å². The van der Waals surface area contributed by atoms with Gasteiger partial charge in [-0.3, -0.25) is 4.79 Å². The zero-order valence-corrected chi connectivity index (χ0v) is 12.1. The van der Waals surface area contributed by atoms with Crippen LogP contribution in [-0.4, -0.2) is 6.29 Å². The van der Waals surface area contributed by atoms with Gasteiger partial charge in [0.2, 0.25) is 0 Å². The van der Waals surface area contributed by atoms with Gasteiger partial charge < -0.3 is 4.74 Å². The van der Waals surface area contributed by atoms with Crippen LogP contribution in [0, 0.1) is 0 Å². The first-order chi connectivity index (χ1) is 8.61. The molecule has 2 rings (SSSR count). The second-order valence-electron chi connectivity index (χ2n) is 3.45. The summed E-state index contributed by atoms with van der Waals surface area (Å²) in [4.78, 5) is 10.9. The van der Waals surface area contributed by atoms with Crippen LogP contribution in [0.15, 0.2) is 40.9 Å². The van der Waals surface area contributed by atoms with Gasteiger partial charge in [-0.05, 0) is 40.2 Å². The third-order valence-corrected chi connectivity index (χ3v) is 3.60. The Kier molecular flexibility index (Phi) is 4.27. The van der Waals surface area contributed by atoms with Crippen molar-refractivity contribution in [3.8, 4) is 11.5 Å². The lowest BCUT2D eigenvalue weighted by molar-refractivity contribution is 0.112. The Bertz CT molecular complexity index is 600. The number of para-hydroxylation sites is 1. The van der Waals surface area contributed by atoms with Crippen LogP contribution >= 0.6 is 39.1 Å². The largest absolute Gasteiger partial charge is 0.455 e. The molecular formula is C13H7BrCl2O2. The fourth-order valence-electron chi connectivity index (χ4n) is 1.38. The van der Waals surface area contributed by atoms with Crippen molar-refractivity contribution < 1.29 is 9.53 Å². The van der Waals surface area contributed by atoms with Gasteiger partial charge in [0.25, 0.3) is 0 Å². The van der Waals surface area contributed by atoms with Crippen LogP contribution < -0.4 is 4.74 Å². The predicted octanol–water partition coefficient (Wildman–Crippen LogP) is 5.36. The molecule has 18 heavy (non-hydrogen) atoms. The highest BCUT2D eigenvalue weighted by molar-refractivity contribution is 9.10. The van der Waals surface area contributed by atoms with Gasteiger partial charge >= 0.3 is 0 Å². The molecule has 0 aliphatic heterocycles. The summed E-state index contributed by atoms with van der Waals surface area (Å²) in [6, 6.07) is 10.1. The number of ether oxygens (including phenoxy) is 1. The topological polar surface area (TPSA) is 26.3 Å². The second-order valence-corrected chi connectivity index (χ2v) is 5.12. The Morgan fingerprint density at radius 2 is 1.89 bits per heavy atom. The summed E-state index contributed by atoms with van der Waals surface area (Å²) < 4.78 is 6.34. The van der Waals surface area contributed by atoms with Gasteiger partial charge in [-0.15, -0.1) is 0 Å². The van der Waals surface area contributed by atoms with Crippen LogP contribution in [-0.2, 0) is 0 Å². The molecular weight excluding hydrogens is 339 g/mol. The van der Waals surface area contributed by atoms with Gasteiger partial charge in [0.05, 0.1) is 20.1 Å². The molecule has 0 saturated heterocycles. The molecule has 0 saturated carbocycles. The normalized spacial score (nSPS) is 10.2. The average molecular weight is 346 g/mol. The summed E-state index contributed by atoms with van der Waals surface area (Å²) >= 11 is 15.1. The van der Waals surface area contributed by atoms with E-state index in [1.54, 1.807) is 36.4 Å². The molecule has 5 heteroatoms. The molecule has 0 heterocycles. The molecule has 0 bridgehead atoms. The summed E-state index contributed by atoms with van der Waals surface area (Å²) in [6.45, 7) is 0. The number of carbonyl (C=O) groups is 1. The zero-order valence-electron chi connectivity index (χ0n) is 8.99. The summed E-state index contributed by atoms with van der Waals surface area (Å²) in [5, 5.41) is 0.848. The van der Waals surface area contributed by atoms with Crippen molar-refractivity contribution in [3.05, 3.63) is 56.5 Å². The zero-order chi connectivity index (χ0) is 13.1. The van der Waals surface area contributed by atoms with Crippen LogP contribution in [0.5, 0.6) is 11.5 Å². The van der Waals surface area contributed by atoms with E-state index in [1.807, 2.05) is 0 Å². The molecule has 0 atom stereocenters. The van der Waals surface area contributed by atoms with E-state index in [9.17, 15) is 4.79 Å². The Labute approximate surface area is 123 Å². The molecule has 0 fully saturated rings. The lowest BCUT2D eigenvalue weighted by Crippen LogP contribution is -1.91. The highest BCUT2D eigenvalue weighted by atomic mass is 79.9. The number of halogens is 3. The van der Waals surface area contributed by atoms with Crippen molar-refractivity contribution in [3.63, 3.8) is 0 Å². The van der Waals surface area contributed by atoms with E-state index in [4.69, 9.17) is 27.9 Å². The smallest absolute Gasteiger partial charge is 0.153 e. The van der Waals surface area contributed by atoms with Crippen molar-refractivity contribution in [2.45, 2.75) is 0 Å². The van der Waals surface area contributed by atoms with Gasteiger partial charge in [0.15, 0.2) is 12.0 Å². The van der Waals surface area contributed by atoms with Crippen molar-refractivity contribution >= 4 is 45.4 Å². The first-order valence-corrected chi connectivity index (χ1v) is 6.53. The minimum absolute atomic E-state index is 0.397. The molecule has 2 aromatic carbocycles.